The molecule has 0 aliphatic heterocycles. The van der Waals surface area contributed by atoms with Crippen molar-refractivity contribution in [3.63, 3.8) is 0 Å². The highest BCUT2D eigenvalue weighted by molar-refractivity contribution is 5.62. The fraction of sp³-hybridized carbons (Fsp3) is 0.571. The van der Waals surface area contributed by atoms with E-state index in [0.29, 0.717) is 12.3 Å². The van der Waals surface area contributed by atoms with Gasteiger partial charge in [0.05, 0.1) is 6.17 Å². The molecule has 1 aliphatic rings. The van der Waals surface area contributed by atoms with Crippen LogP contribution in [-0.4, -0.2) is 16.1 Å². The second-order valence-corrected chi connectivity index (χ2v) is 9.10. The molecule has 1 aliphatic carbocycles. The summed E-state index contributed by atoms with van der Waals surface area (Å²) in [7, 11) is 0. The number of aromatic nitrogens is 2. The summed E-state index contributed by atoms with van der Waals surface area (Å²) in [6, 6.07) is 8.22. The van der Waals surface area contributed by atoms with E-state index in [4.69, 9.17) is 9.97 Å². The molecule has 1 heterocycles. The van der Waals surface area contributed by atoms with E-state index in [1.54, 1.807) is 6.92 Å². The standard InChI is InChI=1S/C28H37FN2/c1-3-4-6-10-23-14-18-26(19-15-23)28-30-20-27(21-31-28)25-16-12-24(13-17-25)11-8-5-7-9-22(2)29/h12-13,16-17,20-23,26H,3-7,9-10,14-15,18-19H2,1-2H3. The molecule has 1 aromatic heterocycles. The molecule has 1 unspecified atom stereocenters. The Bertz CT molecular complexity index is 822. The zero-order chi connectivity index (χ0) is 21.9. The van der Waals surface area contributed by atoms with Gasteiger partial charge in [0.25, 0.3) is 0 Å². The van der Waals surface area contributed by atoms with Gasteiger partial charge in [0.15, 0.2) is 0 Å². The van der Waals surface area contributed by atoms with Gasteiger partial charge in [-0.15, -0.1) is 0 Å². The molecule has 1 fully saturated rings. The van der Waals surface area contributed by atoms with Crippen molar-refractivity contribution in [1.29, 1.82) is 0 Å². The molecule has 0 radical (unpaired) electrons. The Hall–Kier alpha value is -2.21. The van der Waals surface area contributed by atoms with Crippen LogP contribution in [-0.2, 0) is 0 Å². The van der Waals surface area contributed by atoms with Crippen molar-refractivity contribution in [2.45, 2.75) is 96.6 Å². The Morgan fingerprint density at radius 1 is 0.968 bits per heavy atom. The molecular formula is C28H37FN2. The summed E-state index contributed by atoms with van der Waals surface area (Å²) in [5.41, 5.74) is 3.15. The first-order valence-electron chi connectivity index (χ1n) is 12.2. The molecule has 2 aromatic rings. The van der Waals surface area contributed by atoms with Crippen LogP contribution in [0.2, 0.25) is 0 Å². The zero-order valence-electron chi connectivity index (χ0n) is 19.2. The number of rotatable bonds is 9. The lowest BCUT2D eigenvalue weighted by Crippen LogP contribution is -2.15. The first kappa shape index (κ1) is 23.5. The molecule has 0 bridgehead atoms. The second-order valence-electron chi connectivity index (χ2n) is 9.10. The minimum atomic E-state index is -0.736. The average molecular weight is 421 g/mol. The Morgan fingerprint density at radius 2 is 1.68 bits per heavy atom. The summed E-state index contributed by atoms with van der Waals surface area (Å²) < 4.78 is 12.8. The Kier molecular flexibility index (Phi) is 9.53. The van der Waals surface area contributed by atoms with Crippen LogP contribution in [0.5, 0.6) is 0 Å². The van der Waals surface area contributed by atoms with Crippen LogP contribution < -0.4 is 0 Å². The molecule has 0 amide bonds. The number of alkyl halides is 1. The van der Waals surface area contributed by atoms with E-state index in [-0.39, 0.29) is 0 Å². The van der Waals surface area contributed by atoms with E-state index in [0.717, 1.165) is 41.3 Å². The summed E-state index contributed by atoms with van der Waals surface area (Å²) in [5.74, 6) is 8.75. The van der Waals surface area contributed by atoms with Crippen LogP contribution >= 0.6 is 0 Å². The molecule has 3 heteroatoms. The van der Waals surface area contributed by atoms with Gasteiger partial charge in [-0.2, -0.15) is 0 Å². The predicted octanol–water partition coefficient (Wildman–Crippen LogP) is 7.88. The number of nitrogens with zero attached hydrogens (tertiary/aromatic N) is 2. The van der Waals surface area contributed by atoms with Crippen LogP contribution in [0.3, 0.4) is 0 Å². The molecule has 1 aromatic carbocycles. The first-order chi connectivity index (χ1) is 15.2. The fourth-order valence-electron chi connectivity index (χ4n) is 4.47. The maximum absolute atomic E-state index is 12.8. The topological polar surface area (TPSA) is 25.8 Å². The Morgan fingerprint density at radius 3 is 2.32 bits per heavy atom. The Labute approximate surface area is 188 Å². The van der Waals surface area contributed by atoms with Crippen molar-refractivity contribution in [3.05, 3.63) is 48.0 Å². The average Bonchev–Trinajstić information content (AvgIpc) is 2.80. The maximum atomic E-state index is 12.8. The highest BCUT2D eigenvalue weighted by atomic mass is 19.1. The highest BCUT2D eigenvalue weighted by Gasteiger charge is 2.23. The van der Waals surface area contributed by atoms with Crippen molar-refractivity contribution in [2.24, 2.45) is 5.92 Å². The van der Waals surface area contributed by atoms with Crippen LogP contribution in [0.25, 0.3) is 11.1 Å². The molecule has 0 N–H and O–H groups in total. The van der Waals surface area contributed by atoms with Gasteiger partial charge in [-0.3, -0.25) is 0 Å². The van der Waals surface area contributed by atoms with Gasteiger partial charge in [0.1, 0.15) is 5.82 Å². The second kappa shape index (κ2) is 12.6. The molecule has 1 saturated carbocycles. The highest BCUT2D eigenvalue weighted by Crippen LogP contribution is 2.36. The quantitative estimate of drug-likeness (QED) is 0.304. The van der Waals surface area contributed by atoms with Gasteiger partial charge < -0.3 is 0 Å². The molecule has 0 spiro atoms. The van der Waals surface area contributed by atoms with E-state index in [1.807, 2.05) is 24.5 Å². The van der Waals surface area contributed by atoms with Crippen molar-refractivity contribution < 1.29 is 4.39 Å². The van der Waals surface area contributed by atoms with E-state index < -0.39 is 6.17 Å². The van der Waals surface area contributed by atoms with Gasteiger partial charge in [0.2, 0.25) is 0 Å². The third-order valence-electron chi connectivity index (χ3n) is 6.45. The normalized spacial score (nSPS) is 19.5. The SMILES string of the molecule is CCCCCC1CCC(c2ncc(-c3ccc(C#CCCCC(C)F)cc3)cn2)CC1. The van der Waals surface area contributed by atoms with Gasteiger partial charge in [-0.25, -0.2) is 14.4 Å². The summed E-state index contributed by atoms with van der Waals surface area (Å²) in [6.07, 6.45) is 15.9. The molecule has 0 saturated heterocycles. The van der Waals surface area contributed by atoms with E-state index in [1.165, 1.54) is 51.4 Å². The fourth-order valence-corrected chi connectivity index (χ4v) is 4.47. The summed E-state index contributed by atoms with van der Waals surface area (Å²) >= 11 is 0. The lowest BCUT2D eigenvalue weighted by molar-refractivity contribution is 0.297. The van der Waals surface area contributed by atoms with E-state index in [9.17, 15) is 4.39 Å². The van der Waals surface area contributed by atoms with Crippen LogP contribution in [0.1, 0.15) is 102 Å². The molecule has 3 rings (SSSR count). The van der Waals surface area contributed by atoms with E-state index in [2.05, 4.69) is 30.9 Å². The Balaban J connectivity index is 1.49. The minimum absolute atomic E-state index is 0.523. The smallest absolute Gasteiger partial charge is 0.131 e. The van der Waals surface area contributed by atoms with Gasteiger partial charge in [0, 0.05) is 35.9 Å². The van der Waals surface area contributed by atoms with Crippen LogP contribution in [0.15, 0.2) is 36.7 Å². The lowest BCUT2D eigenvalue weighted by atomic mass is 9.79. The van der Waals surface area contributed by atoms with Crippen molar-refractivity contribution in [2.75, 3.05) is 0 Å². The lowest BCUT2D eigenvalue weighted by Gasteiger charge is -2.27. The van der Waals surface area contributed by atoms with Crippen molar-refractivity contribution >= 4 is 0 Å². The monoisotopic (exact) mass is 420 g/mol. The molecule has 1 atom stereocenters. The van der Waals surface area contributed by atoms with Crippen molar-refractivity contribution in [1.82, 2.24) is 9.97 Å². The number of hydrogen-bond acceptors (Lipinski definition) is 2. The molecule has 166 valence electrons. The van der Waals surface area contributed by atoms with Gasteiger partial charge >= 0.3 is 0 Å². The summed E-state index contributed by atoms with van der Waals surface area (Å²) in [5, 5.41) is 0. The first-order valence-corrected chi connectivity index (χ1v) is 12.2. The summed E-state index contributed by atoms with van der Waals surface area (Å²) in [6.45, 7) is 3.88. The molecular weight excluding hydrogens is 383 g/mol. The third kappa shape index (κ3) is 7.76. The largest absolute Gasteiger partial charge is 0.248 e. The summed E-state index contributed by atoms with van der Waals surface area (Å²) in [4.78, 5) is 9.43. The maximum Gasteiger partial charge on any atom is 0.131 e. The van der Waals surface area contributed by atoms with Gasteiger partial charge in [-0.05, 0) is 69.1 Å². The predicted molar refractivity (Wildman–Crippen MR) is 128 cm³/mol. The third-order valence-corrected chi connectivity index (χ3v) is 6.45. The van der Waals surface area contributed by atoms with Gasteiger partial charge in [-0.1, -0.05) is 56.6 Å². The van der Waals surface area contributed by atoms with E-state index >= 15 is 0 Å². The number of unbranched alkanes of at least 4 members (excludes halogenated alkanes) is 3. The number of hydrogen-bond donors (Lipinski definition) is 0. The molecule has 31 heavy (non-hydrogen) atoms. The zero-order valence-corrected chi connectivity index (χ0v) is 19.2. The van der Waals surface area contributed by atoms with Crippen LogP contribution in [0.4, 0.5) is 4.39 Å². The van der Waals surface area contributed by atoms with Crippen molar-refractivity contribution in [3.8, 4) is 23.0 Å². The number of benzene rings is 1. The molecule has 2 nitrogen and oxygen atoms in total. The van der Waals surface area contributed by atoms with Crippen LogP contribution in [0, 0.1) is 17.8 Å². The number of halogens is 1. The minimum Gasteiger partial charge on any atom is -0.248 e.